The Balaban J connectivity index is 1.95. The van der Waals surface area contributed by atoms with Gasteiger partial charge in [0.25, 0.3) is 0 Å². The molecule has 22 heavy (non-hydrogen) atoms. The second-order valence-electron chi connectivity index (χ2n) is 6.90. The summed E-state index contributed by atoms with van der Waals surface area (Å²) in [6.07, 6.45) is -4.04. The second kappa shape index (κ2) is 5.31. The highest BCUT2D eigenvalue weighted by molar-refractivity contribution is 5.83. The maximum absolute atomic E-state index is 12.6. The van der Waals surface area contributed by atoms with Crippen LogP contribution < -0.4 is 0 Å². The minimum Gasteiger partial charge on any atom is -0.444 e. The van der Waals surface area contributed by atoms with Crippen LogP contribution in [0.5, 0.6) is 0 Å². The molecule has 2 aliphatic heterocycles. The van der Waals surface area contributed by atoms with E-state index in [-0.39, 0.29) is 6.54 Å². The van der Waals surface area contributed by atoms with Gasteiger partial charge in [-0.25, -0.2) is 4.79 Å². The number of hydrogen-bond acceptors (Lipinski definition) is 3. The molecule has 1 spiro atoms. The number of nitrogens with zero attached hydrogens (tertiary/aromatic N) is 2. The molecular formula is C14H21F3N2O3. The van der Waals surface area contributed by atoms with Crippen molar-refractivity contribution in [2.24, 2.45) is 0 Å². The van der Waals surface area contributed by atoms with Crippen molar-refractivity contribution in [3.05, 3.63) is 0 Å². The van der Waals surface area contributed by atoms with Crippen LogP contribution in [-0.4, -0.2) is 58.8 Å². The molecule has 0 aromatic rings. The van der Waals surface area contributed by atoms with Crippen LogP contribution >= 0.6 is 0 Å². The lowest BCUT2D eigenvalue weighted by molar-refractivity contribution is -0.203. The summed E-state index contributed by atoms with van der Waals surface area (Å²) < 4.78 is 43.0. The van der Waals surface area contributed by atoms with E-state index in [9.17, 15) is 22.8 Å². The molecule has 0 saturated carbocycles. The number of hydrogen-bond donors (Lipinski definition) is 0. The molecule has 0 aliphatic carbocycles. The topological polar surface area (TPSA) is 49.9 Å². The van der Waals surface area contributed by atoms with Gasteiger partial charge in [0.1, 0.15) is 5.60 Å². The summed E-state index contributed by atoms with van der Waals surface area (Å²) in [4.78, 5) is 25.8. The smallest absolute Gasteiger partial charge is 0.444 e. The number of ether oxygens (including phenoxy) is 1. The Morgan fingerprint density at radius 3 is 1.86 bits per heavy atom. The molecule has 2 aliphatic rings. The Hall–Kier alpha value is -1.47. The number of halogens is 3. The highest BCUT2D eigenvalue weighted by atomic mass is 19.4. The second-order valence-corrected chi connectivity index (χ2v) is 6.90. The molecule has 0 radical (unpaired) electrons. The normalized spacial score (nSPS) is 21.5. The molecule has 126 valence electrons. The van der Waals surface area contributed by atoms with Gasteiger partial charge in [-0.1, -0.05) is 0 Å². The first kappa shape index (κ1) is 16.9. The minimum absolute atomic E-state index is 0.130. The standard InChI is InChI=1S/C14H21F3N2O3/c1-12(2,3)22-11(21)18-7-4-13(5-8-18)6-9-19(13)10(20)14(15,16)17/h4-9H2,1-3H3. The molecule has 5 nitrogen and oxygen atoms in total. The van der Waals surface area contributed by atoms with Crippen LogP contribution in [0.25, 0.3) is 0 Å². The molecule has 0 bridgehead atoms. The molecule has 2 heterocycles. The minimum atomic E-state index is -4.84. The van der Waals surface area contributed by atoms with Gasteiger partial charge in [0.2, 0.25) is 0 Å². The highest BCUT2D eigenvalue weighted by Gasteiger charge is 2.55. The fourth-order valence-electron chi connectivity index (χ4n) is 2.96. The van der Waals surface area contributed by atoms with Crippen molar-refractivity contribution in [3.63, 3.8) is 0 Å². The number of likely N-dealkylation sites (tertiary alicyclic amines) is 2. The molecule has 2 fully saturated rings. The lowest BCUT2D eigenvalue weighted by atomic mass is 9.76. The molecule has 2 saturated heterocycles. The first-order valence-electron chi connectivity index (χ1n) is 7.31. The highest BCUT2D eigenvalue weighted by Crippen LogP contribution is 2.42. The first-order valence-corrected chi connectivity index (χ1v) is 7.31. The van der Waals surface area contributed by atoms with Crippen LogP contribution in [0.2, 0.25) is 0 Å². The zero-order valence-corrected chi connectivity index (χ0v) is 13.0. The average Bonchev–Trinajstić information content (AvgIpc) is 2.34. The Bertz CT molecular complexity index is 463. The van der Waals surface area contributed by atoms with Gasteiger partial charge in [0.15, 0.2) is 0 Å². The fraction of sp³-hybridized carbons (Fsp3) is 0.857. The maximum Gasteiger partial charge on any atom is 0.471 e. The van der Waals surface area contributed by atoms with Crippen LogP contribution in [0.3, 0.4) is 0 Å². The number of carbonyl (C=O) groups excluding carboxylic acids is 2. The molecule has 2 amide bonds. The number of carbonyl (C=O) groups is 2. The number of amides is 2. The number of rotatable bonds is 0. The molecule has 0 atom stereocenters. The van der Waals surface area contributed by atoms with E-state index >= 15 is 0 Å². The van der Waals surface area contributed by atoms with E-state index in [1.54, 1.807) is 20.8 Å². The van der Waals surface area contributed by atoms with Gasteiger partial charge >= 0.3 is 18.2 Å². The van der Waals surface area contributed by atoms with E-state index in [0.717, 1.165) is 4.90 Å². The maximum atomic E-state index is 12.6. The monoisotopic (exact) mass is 322 g/mol. The van der Waals surface area contributed by atoms with Crippen LogP contribution in [-0.2, 0) is 9.53 Å². The summed E-state index contributed by atoms with van der Waals surface area (Å²) in [5, 5.41) is 0. The average molecular weight is 322 g/mol. The number of alkyl halides is 3. The first-order chi connectivity index (χ1) is 9.95. The Kier molecular flexibility index (Phi) is 4.08. The summed E-state index contributed by atoms with van der Waals surface area (Å²) in [5.74, 6) is -1.77. The van der Waals surface area contributed by atoms with Crippen molar-refractivity contribution in [2.45, 2.75) is 57.3 Å². The third-order valence-electron chi connectivity index (χ3n) is 4.21. The van der Waals surface area contributed by atoms with Gasteiger partial charge < -0.3 is 14.5 Å². The predicted molar refractivity (Wildman–Crippen MR) is 72.2 cm³/mol. The zero-order chi connectivity index (χ0) is 16.8. The summed E-state index contributed by atoms with van der Waals surface area (Å²) in [5.41, 5.74) is -1.36. The number of piperidine rings is 1. The summed E-state index contributed by atoms with van der Waals surface area (Å²) in [6.45, 7) is 6.00. The van der Waals surface area contributed by atoms with E-state index in [0.29, 0.717) is 32.4 Å². The Morgan fingerprint density at radius 1 is 1.00 bits per heavy atom. The van der Waals surface area contributed by atoms with Crippen molar-refractivity contribution in [3.8, 4) is 0 Å². The van der Waals surface area contributed by atoms with Crippen LogP contribution in [0.4, 0.5) is 18.0 Å². The van der Waals surface area contributed by atoms with Crippen LogP contribution in [0.15, 0.2) is 0 Å². The quantitative estimate of drug-likeness (QED) is 0.689. The molecule has 0 aromatic heterocycles. The van der Waals surface area contributed by atoms with Crippen molar-refractivity contribution in [1.82, 2.24) is 9.80 Å². The Morgan fingerprint density at radius 2 is 1.50 bits per heavy atom. The van der Waals surface area contributed by atoms with Gasteiger partial charge in [-0.2, -0.15) is 13.2 Å². The zero-order valence-electron chi connectivity index (χ0n) is 13.0. The van der Waals surface area contributed by atoms with E-state index in [4.69, 9.17) is 4.74 Å². The SMILES string of the molecule is CC(C)(C)OC(=O)N1CCC2(CC1)CCN2C(=O)C(F)(F)F. The van der Waals surface area contributed by atoms with E-state index in [2.05, 4.69) is 0 Å². The van der Waals surface area contributed by atoms with Gasteiger partial charge in [0.05, 0.1) is 0 Å². The van der Waals surface area contributed by atoms with Crippen LogP contribution in [0.1, 0.15) is 40.0 Å². The third-order valence-corrected chi connectivity index (χ3v) is 4.21. The lowest BCUT2D eigenvalue weighted by Gasteiger charge is -2.56. The molecule has 0 unspecified atom stereocenters. The van der Waals surface area contributed by atoms with E-state index in [1.165, 1.54) is 4.90 Å². The molecular weight excluding hydrogens is 301 g/mol. The van der Waals surface area contributed by atoms with Crippen molar-refractivity contribution < 1.29 is 27.5 Å². The fourth-order valence-corrected chi connectivity index (χ4v) is 2.96. The molecule has 0 aromatic carbocycles. The molecule has 0 N–H and O–H groups in total. The summed E-state index contributed by atoms with van der Waals surface area (Å²) >= 11 is 0. The van der Waals surface area contributed by atoms with E-state index < -0.39 is 29.3 Å². The molecule has 2 rings (SSSR count). The van der Waals surface area contributed by atoms with Gasteiger partial charge in [-0.05, 0) is 40.0 Å². The third kappa shape index (κ3) is 3.30. The van der Waals surface area contributed by atoms with Gasteiger partial charge in [0, 0.05) is 25.2 Å². The summed E-state index contributed by atoms with van der Waals surface area (Å²) in [7, 11) is 0. The van der Waals surface area contributed by atoms with Gasteiger partial charge in [-0.15, -0.1) is 0 Å². The summed E-state index contributed by atoms with van der Waals surface area (Å²) in [6, 6.07) is 0. The van der Waals surface area contributed by atoms with Crippen LogP contribution in [0, 0.1) is 0 Å². The predicted octanol–water partition coefficient (Wildman–Crippen LogP) is 2.55. The van der Waals surface area contributed by atoms with Crippen molar-refractivity contribution in [1.29, 1.82) is 0 Å². The van der Waals surface area contributed by atoms with Gasteiger partial charge in [-0.3, -0.25) is 4.79 Å². The van der Waals surface area contributed by atoms with Crippen molar-refractivity contribution >= 4 is 12.0 Å². The van der Waals surface area contributed by atoms with Crippen molar-refractivity contribution in [2.75, 3.05) is 19.6 Å². The van der Waals surface area contributed by atoms with E-state index in [1.807, 2.05) is 0 Å². The largest absolute Gasteiger partial charge is 0.471 e. The molecule has 8 heteroatoms. The lowest BCUT2D eigenvalue weighted by Crippen LogP contribution is -2.68. The Labute approximate surface area is 127 Å².